The Morgan fingerprint density at radius 2 is 1.89 bits per heavy atom. The number of nitrogens with one attached hydrogen (secondary N) is 1. The molecule has 0 radical (unpaired) electrons. The number of benzene rings is 2. The maximum atomic E-state index is 4.65. The molecule has 2 aromatic carbocycles. The van der Waals surface area contributed by atoms with Crippen LogP contribution in [-0.2, 0) is 0 Å². The van der Waals surface area contributed by atoms with Gasteiger partial charge < -0.3 is 5.32 Å². The summed E-state index contributed by atoms with van der Waals surface area (Å²) in [5.41, 5.74) is 6.02. The fourth-order valence-electron chi connectivity index (χ4n) is 2.09. The number of hydrogen-bond acceptors (Lipinski definition) is 3. The van der Waals surface area contributed by atoms with E-state index < -0.39 is 0 Å². The fraction of sp³-hybridized carbons (Fsp3) is 0.188. The molecule has 0 amide bonds. The molecular formula is C16H16N2S. The van der Waals surface area contributed by atoms with Crippen LogP contribution < -0.4 is 5.32 Å². The fourth-order valence-corrected chi connectivity index (χ4v) is 2.95. The van der Waals surface area contributed by atoms with E-state index in [4.69, 9.17) is 0 Å². The summed E-state index contributed by atoms with van der Waals surface area (Å²) in [6.07, 6.45) is 0. The molecule has 0 aliphatic rings. The molecule has 2 nitrogen and oxygen atoms in total. The monoisotopic (exact) mass is 268 g/mol. The molecule has 0 aliphatic carbocycles. The first kappa shape index (κ1) is 12.2. The molecule has 0 fully saturated rings. The van der Waals surface area contributed by atoms with Gasteiger partial charge in [0.1, 0.15) is 0 Å². The molecule has 1 heterocycles. The van der Waals surface area contributed by atoms with Crippen LogP contribution in [0, 0.1) is 20.8 Å². The highest BCUT2D eigenvalue weighted by molar-refractivity contribution is 7.22. The van der Waals surface area contributed by atoms with Gasteiger partial charge in [0.05, 0.1) is 10.2 Å². The molecule has 0 aliphatic heterocycles. The SMILES string of the molecule is Cc1ccc2sc(Nc3cccc(C)c3C)nc2c1. The van der Waals surface area contributed by atoms with E-state index in [-0.39, 0.29) is 0 Å². The largest absolute Gasteiger partial charge is 0.331 e. The molecule has 0 bridgehead atoms. The standard InChI is InChI=1S/C16H16N2S/c1-10-7-8-15-14(9-10)18-16(19-15)17-13-6-4-5-11(2)12(13)3/h4-9H,1-3H3,(H,17,18). The van der Waals surface area contributed by atoms with Crippen LogP contribution in [0.2, 0.25) is 0 Å². The second-order valence-corrected chi connectivity index (χ2v) is 5.89. The first-order valence-corrected chi connectivity index (χ1v) is 7.15. The molecule has 1 N–H and O–H groups in total. The van der Waals surface area contributed by atoms with Gasteiger partial charge in [0.25, 0.3) is 0 Å². The van der Waals surface area contributed by atoms with E-state index in [1.165, 1.54) is 21.4 Å². The van der Waals surface area contributed by atoms with Crippen molar-refractivity contribution in [1.29, 1.82) is 0 Å². The van der Waals surface area contributed by atoms with E-state index in [2.05, 4.69) is 67.5 Å². The van der Waals surface area contributed by atoms with E-state index in [0.29, 0.717) is 0 Å². The van der Waals surface area contributed by atoms with Crippen LogP contribution in [0.5, 0.6) is 0 Å². The van der Waals surface area contributed by atoms with Crippen LogP contribution >= 0.6 is 11.3 Å². The number of thiazole rings is 1. The van der Waals surface area contributed by atoms with Crippen LogP contribution in [-0.4, -0.2) is 4.98 Å². The van der Waals surface area contributed by atoms with Crippen molar-refractivity contribution in [2.75, 3.05) is 5.32 Å². The van der Waals surface area contributed by atoms with Gasteiger partial charge in [-0.3, -0.25) is 0 Å². The summed E-state index contributed by atoms with van der Waals surface area (Å²) < 4.78 is 1.22. The molecule has 3 heteroatoms. The predicted octanol–water partition coefficient (Wildman–Crippen LogP) is 4.97. The molecule has 3 rings (SSSR count). The molecular weight excluding hydrogens is 252 g/mol. The van der Waals surface area contributed by atoms with Crippen molar-refractivity contribution < 1.29 is 0 Å². The Bertz CT molecular complexity index is 744. The quantitative estimate of drug-likeness (QED) is 0.710. The highest BCUT2D eigenvalue weighted by atomic mass is 32.1. The summed E-state index contributed by atoms with van der Waals surface area (Å²) >= 11 is 1.69. The molecule has 3 aromatic rings. The number of aryl methyl sites for hydroxylation is 2. The molecule has 19 heavy (non-hydrogen) atoms. The second kappa shape index (κ2) is 4.67. The highest BCUT2D eigenvalue weighted by Crippen LogP contribution is 2.30. The van der Waals surface area contributed by atoms with Crippen LogP contribution in [0.25, 0.3) is 10.2 Å². The molecule has 0 atom stereocenters. The number of anilines is 2. The van der Waals surface area contributed by atoms with Gasteiger partial charge in [0, 0.05) is 5.69 Å². The zero-order valence-corrected chi connectivity index (χ0v) is 12.1. The van der Waals surface area contributed by atoms with E-state index in [0.717, 1.165) is 16.3 Å². The Kier molecular flexibility index (Phi) is 2.99. The third-order valence-corrected chi connectivity index (χ3v) is 4.34. The van der Waals surface area contributed by atoms with Gasteiger partial charge >= 0.3 is 0 Å². The van der Waals surface area contributed by atoms with Crippen LogP contribution in [0.1, 0.15) is 16.7 Å². The molecule has 0 spiro atoms. The average molecular weight is 268 g/mol. The summed E-state index contributed by atoms with van der Waals surface area (Å²) in [5, 5.41) is 4.38. The Balaban J connectivity index is 1.99. The lowest BCUT2D eigenvalue weighted by Gasteiger charge is -2.08. The van der Waals surface area contributed by atoms with Gasteiger partial charge in [-0.25, -0.2) is 4.98 Å². The van der Waals surface area contributed by atoms with E-state index in [9.17, 15) is 0 Å². The van der Waals surface area contributed by atoms with Crippen molar-refractivity contribution in [2.45, 2.75) is 20.8 Å². The summed E-state index contributed by atoms with van der Waals surface area (Å²) in [7, 11) is 0. The van der Waals surface area contributed by atoms with Crippen molar-refractivity contribution in [1.82, 2.24) is 4.98 Å². The van der Waals surface area contributed by atoms with Crippen molar-refractivity contribution in [3.05, 3.63) is 53.1 Å². The van der Waals surface area contributed by atoms with Crippen molar-refractivity contribution in [3.63, 3.8) is 0 Å². The molecule has 0 unspecified atom stereocenters. The molecule has 1 aromatic heterocycles. The van der Waals surface area contributed by atoms with E-state index in [1.54, 1.807) is 11.3 Å². The molecule has 0 saturated heterocycles. The summed E-state index contributed by atoms with van der Waals surface area (Å²) in [5.74, 6) is 0. The first-order valence-electron chi connectivity index (χ1n) is 6.34. The Morgan fingerprint density at radius 3 is 2.74 bits per heavy atom. The normalized spacial score (nSPS) is 10.9. The minimum atomic E-state index is 0.953. The smallest absolute Gasteiger partial charge is 0.188 e. The number of fused-ring (bicyclic) bond motifs is 1. The third kappa shape index (κ3) is 2.34. The minimum Gasteiger partial charge on any atom is -0.331 e. The maximum absolute atomic E-state index is 4.65. The zero-order valence-electron chi connectivity index (χ0n) is 11.3. The Morgan fingerprint density at radius 1 is 1.05 bits per heavy atom. The molecule has 96 valence electrons. The minimum absolute atomic E-state index is 0.953. The Hall–Kier alpha value is -1.87. The summed E-state index contributed by atoms with van der Waals surface area (Å²) in [4.78, 5) is 4.65. The van der Waals surface area contributed by atoms with Gasteiger partial charge in [0.15, 0.2) is 5.13 Å². The van der Waals surface area contributed by atoms with Gasteiger partial charge in [-0.1, -0.05) is 29.5 Å². The van der Waals surface area contributed by atoms with E-state index >= 15 is 0 Å². The van der Waals surface area contributed by atoms with Crippen molar-refractivity contribution in [2.24, 2.45) is 0 Å². The lowest BCUT2D eigenvalue weighted by Crippen LogP contribution is -1.93. The van der Waals surface area contributed by atoms with Crippen molar-refractivity contribution >= 4 is 32.4 Å². The number of aromatic nitrogens is 1. The second-order valence-electron chi connectivity index (χ2n) is 4.86. The zero-order chi connectivity index (χ0) is 13.4. The Labute approximate surface area is 117 Å². The van der Waals surface area contributed by atoms with Crippen LogP contribution in [0.4, 0.5) is 10.8 Å². The van der Waals surface area contributed by atoms with Gasteiger partial charge in [-0.2, -0.15) is 0 Å². The lowest BCUT2D eigenvalue weighted by atomic mass is 10.1. The molecule has 0 saturated carbocycles. The number of hydrogen-bond donors (Lipinski definition) is 1. The van der Waals surface area contributed by atoms with Gasteiger partial charge in [-0.05, 0) is 55.7 Å². The number of nitrogens with zero attached hydrogens (tertiary/aromatic N) is 1. The summed E-state index contributed by atoms with van der Waals surface area (Å²) in [6.45, 7) is 6.36. The average Bonchev–Trinajstić information content (AvgIpc) is 2.76. The number of rotatable bonds is 2. The maximum Gasteiger partial charge on any atom is 0.188 e. The van der Waals surface area contributed by atoms with Crippen LogP contribution in [0.3, 0.4) is 0 Å². The highest BCUT2D eigenvalue weighted by Gasteiger charge is 2.06. The summed E-state index contributed by atoms with van der Waals surface area (Å²) in [6, 6.07) is 12.7. The lowest BCUT2D eigenvalue weighted by molar-refractivity contribution is 1.32. The van der Waals surface area contributed by atoms with Crippen LogP contribution in [0.15, 0.2) is 36.4 Å². The van der Waals surface area contributed by atoms with Crippen molar-refractivity contribution in [3.8, 4) is 0 Å². The topological polar surface area (TPSA) is 24.9 Å². The van der Waals surface area contributed by atoms with E-state index in [1.807, 2.05) is 0 Å². The first-order chi connectivity index (χ1) is 9.13. The third-order valence-electron chi connectivity index (χ3n) is 3.39. The van der Waals surface area contributed by atoms with Gasteiger partial charge in [0.2, 0.25) is 0 Å². The predicted molar refractivity (Wildman–Crippen MR) is 83.6 cm³/mol. The van der Waals surface area contributed by atoms with Gasteiger partial charge in [-0.15, -0.1) is 0 Å².